The maximum absolute atomic E-state index is 11.6. The second kappa shape index (κ2) is 3.68. The first-order chi connectivity index (χ1) is 3.89. The van der Waals surface area contributed by atoms with Crippen LogP contribution >= 0.6 is 12.4 Å². The molecule has 62 valence electrons. The predicted molar refractivity (Wildman–Crippen MR) is 33.5 cm³/mol. The largest absolute Gasteiger partial charge is 0.480 e. The highest BCUT2D eigenvalue weighted by Crippen LogP contribution is 2.10. The average Bonchev–Trinajstić information content (AvgIpc) is 1.65. The highest BCUT2D eigenvalue weighted by molar-refractivity contribution is 5.85. The fraction of sp³-hybridized carbons (Fsp3) is 0.750. The lowest BCUT2D eigenvalue weighted by Gasteiger charge is -2.16. The number of carboxylic acids is 1. The summed E-state index contributed by atoms with van der Waals surface area (Å²) in [6, 6.07) is 0. The third kappa shape index (κ3) is 2.45. The number of rotatable bonds is 2. The first-order valence-electron chi connectivity index (χ1n) is 2.19. The van der Waals surface area contributed by atoms with Gasteiger partial charge >= 0.3 is 5.97 Å². The number of carboxylic acid groups (broad SMARTS) is 1. The summed E-state index contributed by atoms with van der Waals surface area (Å²) in [6.45, 7) is 0.764. The number of hydrogen-bond acceptors (Lipinski definition) is 2. The molecule has 0 aromatic rings. The summed E-state index contributed by atoms with van der Waals surface area (Å²) in [7, 11) is 0. The van der Waals surface area contributed by atoms with Crippen LogP contribution in [0.5, 0.6) is 0 Å². The zero-order chi connectivity index (χ0) is 7.65. The van der Waals surface area contributed by atoms with Gasteiger partial charge in [-0.3, -0.25) is 4.79 Å². The van der Waals surface area contributed by atoms with Crippen LogP contribution in [0.2, 0.25) is 0 Å². The second-order valence-electron chi connectivity index (χ2n) is 1.89. The number of carbonyl (C=O) groups is 1. The van der Waals surface area contributed by atoms with Crippen LogP contribution in [0.4, 0.5) is 8.78 Å². The van der Waals surface area contributed by atoms with Crippen molar-refractivity contribution in [2.24, 2.45) is 5.73 Å². The molecule has 0 aliphatic heterocycles. The van der Waals surface area contributed by atoms with Crippen molar-refractivity contribution >= 4 is 18.4 Å². The van der Waals surface area contributed by atoms with E-state index in [1.54, 1.807) is 0 Å². The second-order valence-corrected chi connectivity index (χ2v) is 1.89. The molecule has 0 aromatic heterocycles. The molecule has 6 heteroatoms. The van der Waals surface area contributed by atoms with Crippen LogP contribution in [-0.4, -0.2) is 23.0 Å². The average molecular weight is 176 g/mol. The molecule has 10 heavy (non-hydrogen) atoms. The molecule has 0 radical (unpaired) electrons. The predicted octanol–water partition coefficient (Wildman–Crippen LogP) is 0.475. The maximum Gasteiger partial charge on any atom is 0.329 e. The molecule has 0 unspecified atom stereocenters. The Kier molecular flexibility index (Phi) is 4.51. The molecule has 3 N–H and O–H groups in total. The fourth-order valence-electron chi connectivity index (χ4n) is 0.0933. The molecule has 1 atom stereocenters. The van der Waals surface area contributed by atoms with E-state index in [-0.39, 0.29) is 12.4 Å². The molecule has 0 spiro atoms. The minimum atomic E-state index is -3.03. The zero-order valence-electron chi connectivity index (χ0n) is 5.17. The Morgan fingerprint density at radius 1 is 1.70 bits per heavy atom. The van der Waals surface area contributed by atoms with Crippen LogP contribution in [0.1, 0.15) is 6.92 Å². The molecular formula is C4H8ClF2NO2. The van der Waals surface area contributed by atoms with Gasteiger partial charge in [0.15, 0.2) is 5.54 Å². The molecule has 0 aliphatic rings. The Hall–Kier alpha value is -0.420. The van der Waals surface area contributed by atoms with Crippen molar-refractivity contribution in [1.82, 2.24) is 0 Å². The van der Waals surface area contributed by atoms with Crippen molar-refractivity contribution < 1.29 is 18.7 Å². The highest BCUT2D eigenvalue weighted by atomic mass is 35.5. The molecular weight excluding hydrogens is 167 g/mol. The lowest BCUT2D eigenvalue weighted by molar-refractivity contribution is -0.148. The Labute approximate surface area is 62.6 Å². The molecule has 0 aromatic carbocycles. The first-order valence-corrected chi connectivity index (χ1v) is 2.19. The van der Waals surface area contributed by atoms with Gasteiger partial charge in [-0.1, -0.05) is 0 Å². The fourth-order valence-corrected chi connectivity index (χ4v) is 0.0933. The highest BCUT2D eigenvalue weighted by Gasteiger charge is 2.38. The van der Waals surface area contributed by atoms with Crippen molar-refractivity contribution in [3.63, 3.8) is 0 Å². The van der Waals surface area contributed by atoms with E-state index in [4.69, 9.17) is 5.11 Å². The van der Waals surface area contributed by atoms with Gasteiger partial charge in [0, 0.05) is 0 Å². The summed E-state index contributed by atoms with van der Waals surface area (Å²) in [5.74, 6) is -1.70. The molecule has 3 nitrogen and oxygen atoms in total. The van der Waals surface area contributed by atoms with Gasteiger partial charge in [0.25, 0.3) is 6.43 Å². The van der Waals surface area contributed by atoms with E-state index in [0.717, 1.165) is 6.92 Å². The first kappa shape index (κ1) is 12.3. The van der Waals surface area contributed by atoms with E-state index < -0.39 is 17.9 Å². The van der Waals surface area contributed by atoms with Crippen molar-refractivity contribution in [2.45, 2.75) is 18.9 Å². The standard InChI is InChI=1S/C4H7F2NO2.ClH/c1-4(7,2(5)6)3(8)9;/h2H,7H2,1H3,(H,8,9);1H/t4-;/m0./s1. The maximum atomic E-state index is 11.6. The lowest BCUT2D eigenvalue weighted by Crippen LogP contribution is -2.51. The minimum absolute atomic E-state index is 0. The molecule has 0 saturated carbocycles. The number of halogens is 3. The Morgan fingerprint density at radius 2 is 2.00 bits per heavy atom. The monoisotopic (exact) mass is 175 g/mol. The minimum Gasteiger partial charge on any atom is -0.480 e. The van der Waals surface area contributed by atoms with Crippen molar-refractivity contribution in [3.8, 4) is 0 Å². The van der Waals surface area contributed by atoms with Crippen molar-refractivity contribution in [1.29, 1.82) is 0 Å². The zero-order valence-corrected chi connectivity index (χ0v) is 5.99. The van der Waals surface area contributed by atoms with Crippen LogP contribution in [0, 0.1) is 0 Å². The quantitative estimate of drug-likeness (QED) is 0.642. The molecule has 0 fully saturated rings. The molecule has 0 aliphatic carbocycles. The van der Waals surface area contributed by atoms with Crippen LogP contribution in [0.15, 0.2) is 0 Å². The van der Waals surface area contributed by atoms with Crippen LogP contribution in [0.25, 0.3) is 0 Å². The third-order valence-electron chi connectivity index (χ3n) is 0.914. The normalized spacial score (nSPS) is 15.7. The Bertz CT molecular complexity index is 128. The molecule has 0 amide bonds. The summed E-state index contributed by atoms with van der Waals surface area (Å²) >= 11 is 0. The number of nitrogens with two attached hydrogens (primary N) is 1. The Balaban J connectivity index is 0. The van der Waals surface area contributed by atoms with E-state index >= 15 is 0 Å². The third-order valence-corrected chi connectivity index (χ3v) is 0.914. The van der Waals surface area contributed by atoms with Crippen LogP contribution < -0.4 is 5.73 Å². The van der Waals surface area contributed by atoms with Gasteiger partial charge in [0.2, 0.25) is 0 Å². The SMILES string of the molecule is C[C@@](N)(C(=O)O)C(F)F.Cl. The van der Waals surface area contributed by atoms with Gasteiger partial charge in [-0.05, 0) is 6.92 Å². The van der Waals surface area contributed by atoms with Gasteiger partial charge in [0.05, 0.1) is 0 Å². The summed E-state index contributed by atoms with van der Waals surface area (Å²) in [4.78, 5) is 9.86. The molecule has 0 heterocycles. The van der Waals surface area contributed by atoms with E-state index in [1.165, 1.54) is 0 Å². The summed E-state index contributed by atoms with van der Waals surface area (Å²) in [5.41, 5.74) is 2.24. The summed E-state index contributed by atoms with van der Waals surface area (Å²) < 4.78 is 23.1. The van der Waals surface area contributed by atoms with Gasteiger partial charge < -0.3 is 10.8 Å². The number of aliphatic carboxylic acids is 1. The number of alkyl halides is 2. The van der Waals surface area contributed by atoms with E-state index in [0.29, 0.717) is 0 Å². The van der Waals surface area contributed by atoms with E-state index in [2.05, 4.69) is 5.73 Å². The summed E-state index contributed by atoms with van der Waals surface area (Å²) in [6.07, 6.45) is -3.03. The van der Waals surface area contributed by atoms with E-state index in [1.807, 2.05) is 0 Å². The van der Waals surface area contributed by atoms with Crippen LogP contribution in [0.3, 0.4) is 0 Å². The van der Waals surface area contributed by atoms with Gasteiger partial charge in [0.1, 0.15) is 0 Å². The van der Waals surface area contributed by atoms with Crippen molar-refractivity contribution in [2.75, 3.05) is 0 Å². The molecule has 0 saturated heterocycles. The van der Waals surface area contributed by atoms with Gasteiger partial charge in [-0.15, -0.1) is 12.4 Å². The smallest absolute Gasteiger partial charge is 0.329 e. The molecule has 0 bridgehead atoms. The molecule has 0 rings (SSSR count). The Morgan fingerprint density at radius 3 is 2.00 bits per heavy atom. The lowest BCUT2D eigenvalue weighted by atomic mass is 10.1. The van der Waals surface area contributed by atoms with Crippen LogP contribution in [-0.2, 0) is 4.79 Å². The summed E-state index contributed by atoms with van der Waals surface area (Å²) in [5, 5.41) is 8.01. The van der Waals surface area contributed by atoms with E-state index in [9.17, 15) is 13.6 Å². The topological polar surface area (TPSA) is 63.3 Å². The van der Waals surface area contributed by atoms with Crippen molar-refractivity contribution in [3.05, 3.63) is 0 Å². The van der Waals surface area contributed by atoms with Gasteiger partial charge in [-0.2, -0.15) is 0 Å². The van der Waals surface area contributed by atoms with Gasteiger partial charge in [-0.25, -0.2) is 8.78 Å². The number of hydrogen-bond donors (Lipinski definition) is 2.